The lowest BCUT2D eigenvalue weighted by Gasteiger charge is -2.05. The number of methoxy groups -OCH3 is 1. The van der Waals surface area contributed by atoms with Gasteiger partial charge in [-0.3, -0.25) is 0 Å². The molecule has 0 unspecified atom stereocenters. The highest BCUT2D eigenvalue weighted by Gasteiger charge is 2.47. The summed E-state index contributed by atoms with van der Waals surface area (Å²) in [7, 11) is -4.71. The maximum absolute atomic E-state index is 13.5. The van der Waals surface area contributed by atoms with Crippen LogP contribution in [-0.2, 0) is 19.0 Å². The molecule has 0 aliphatic rings. The largest absolute Gasteiger partial charge is 0.534 e. The molecule has 0 saturated carbocycles. The number of rotatable bonds is 4. The normalized spacial score (nSPS) is 12.4. The van der Waals surface area contributed by atoms with E-state index in [0.717, 1.165) is 31.4 Å². The van der Waals surface area contributed by atoms with Crippen LogP contribution in [0.15, 0.2) is 24.5 Å². The average molecular weight is 328 g/mol. The lowest BCUT2D eigenvalue weighted by atomic mass is 10.1. The van der Waals surface area contributed by atoms with Gasteiger partial charge >= 0.3 is 21.6 Å². The molecule has 0 aliphatic carbocycles. The lowest BCUT2D eigenvalue weighted by Crippen LogP contribution is -2.23. The molecule has 0 atom stereocenters. The number of alkyl halides is 3. The number of benzene rings is 1. The van der Waals surface area contributed by atoms with Crippen LogP contribution >= 0.6 is 0 Å². The van der Waals surface area contributed by atoms with E-state index in [1.54, 1.807) is 0 Å². The number of hydrogen-bond acceptors (Lipinski definition) is 5. The Morgan fingerprint density at radius 1 is 1.29 bits per heavy atom. The highest BCUT2D eigenvalue weighted by atomic mass is 32.2. The second kappa shape index (κ2) is 6.12. The highest BCUT2D eigenvalue weighted by Crippen LogP contribution is 2.25. The van der Waals surface area contributed by atoms with Crippen molar-refractivity contribution in [2.24, 2.45) is 0 Å². The minimum Gasteiger partial charge on any atom is -0.465 e. The molecule has 0 saturated heterocycles. The first-order valence-electron chi connectivity index (χ1n) is 5.12. The van der Waals surface area contributed by atoms with Crippen molar-refractivity contribution in [3.05, 3.63) is 41.4 Å². The molecular formula is C11H8F4O5S. The Morgan fingerprint density at radius 3 is 2.38 bits per heavy atom. The second-order valence-corrected chi connectivity index (χ2v) is 5.09. The van der Waals surface area contributed by atoms with Gasteiger partial charge in [0.15, 0.2) is 0 Å². The molecule has 5 nitrogen and oxygen atoms in total. The van der Waals surface area contributed by atoms with Crippen molar-refractivity contribution >= 4 is 22.2 Å². The zero-order chi connectivity index (χ0) is 16.3. The Kier molecular flexibility index (Phi) is 4.94. The number of carbonyl (C=O) groups excluding carboxylic acids is 1. The van der Waals surface area contributed by atoms with Gasteiger partial charge < -0.3 is 8.92 Å². The van der Waals surface area contributed by atoms with Crippen molar-refractivity contribution in [3.63, 3.8) is 0 Å². The number of carbonyl (C=O) groups is 1. The summed E-state index contributed by atoms with van der Waals surface area (Å²) in [6, 6.07) is 2.99. The molecule has 0 heterocycles. The summed E-state index contributed by atoms with van der Waals surface area (Å²) in [5.74, 6) is -1.92. The minimum atomic E-state index is -5.76. The van der Waals surface area contributed by atoms with Crippen molar-refractivity contribution in [3.8, 4) is 0 Å². The van der Waals surface area contributed by atoms with Crippen molar-refractivity contribution < 1.29 is 39.7 Å². The van der Waals surface area contributed by atoms with Crippen molar-refractivity contribution in [1.29, 1.82) is 0 Å². The van der Waals surface area contributed by atoms with Gasteiger partial charge in [-0.15, -0.1) is 0 Å². The predicted molar refractivity (Wildman–Crippen MR) is 62.8 cm³/mol. The van der Waals surface area contributed by atoms with Crippen LogP contribution in [0, 0.1) is 5.82 Å². The van der Waals surface area contributed by atoms with Gasteiger partial charge in [0.25, 0.3) is 0 Å². The van der Waals surface area contributed by atoms with E-state index in [9.17, 15) is 30.8 Å². The van der Waals surface area contributed by atoms with Crippen molar-refractivity contribution in [2.75, 3.05) is 7.11 Å². The van der Waals surface area contributed by atoms with E-state index >= 15 is 0 Å². The predicted octanol–water partition coefficient (Wildman–Crippen LogP) is 2.45. The molecule has 0 spiro atoms. The summed E-state index contributed by atoms with van der Waals surface area (Å²) < 4.78 is 78.3. The van der Waals surface area contributed by atoms with E-state index < -0.39 is 27.4 Å². The Morgan fingerprint density at radius 2 is 1.90 bits per heavy atom. The van der Waals surface area contributed by atoms with Crippen LogP contribution in [0.5, 0.6) is 0 Å². The lowest BCUT2D eigenvalue weighted by molar-refractivity contribution is -0.0514. The number of hydrogen-bond donors (Lipinski definition) is 0. The van der Waals surface area contributed by atoms with E-state index in [1.807, 2.05) is 0 Å². The van der Waals surface area contributed by atoms with Crippen molar-refractivity contribution in [2.45, 2.75) is 5.51 Å². The molecular weight excluding hydrogens is 320 g/mol. The molecule has 1 rings (SSSR count). The first-order chi connectivity index (χ1) is 9.58. The quantitative estimate of drug-likeness (QED) is 0.279. The Hall–Kier alpha value is -2.10. The summed E-state index contributed by atoms with van der Waals surface area (Å²) in [5.41, 5.74) is -5.95. The first kappa shape index (κ1) is 17.0. The highest BCUT2D eigenvalue weighted by molar-refractivity contribution is 7.87. The summed E-state index contributed by atoms with van der Waals surface area (Å²) >= 11 is 0. The van der Waals surface area contributed by atoms with Crippen LogP contribution in [0.1, 0.15) is 15.9 Å². The number of halogens is 4. The van der Waals surface area contributed by atoms with Gasteiger partial charge in [-0.2, -0.15) is 21.6 Å². The molecule has 10 heteroatoms. The van der Waals surface area contributed by atoms with E-state index in [0.29, 0.717) is 0 Å². The van der Waals surface area contributed by atoms with Gasteiger partial charge in [-0.25, -0.2) is 9.18 Å². The molecule has 116 valence electrons. The van der Waals surface area contributed by atoms with Gasteiger partial charge in [0.2, 0.25) is 0 Å². The van der Waals surface area contributed by atoms with Crippen LogP contribution in [0.25, 0.3) is 6.08 Å². The maximum Gasteiger partial charge on any atom is 0.534 e. The molecule has 0 aromatic heterocycles. The first-order valence-corrected chi connectivity index (χ1v) is 6.53. The van der Waals surface area contributed by atoms with Gasteiger partial charge in [0.05, 0.1) is 12.7 Å². The molecule has 0 fully saturated rings. The zero-order valence-electron chi connectivity index (χ0n) is 10.3. The van der Waals surface area contributed by atoms with Gasteiger partial charge in [-0.1, -0.05) is 6.07 Å². The van der Waals surface area contributed by atoms with Gasteiger partial charge in [0.1, 0.15) is 12.1 Å². The number of esters is 1. The molecule has 0 bridgehead atoms. The molecule has 0 radical (unpaired) electrons. The molecule has 0 N–H and O–H groups in total. The average Bonchev–Trinajstić information content (AvgIpc) is 2.36. The summed E-state index contributed by atoms with van der Waals surface area (Å²) in [4.78, 5) is 11.1. The van der Waals surface area contributed by atoms with Crippen LogP contribution in [0.4, 0.5) is 17.6 Å². The summed E-state index contributed by atoms with van der Waals surface area (Å²) in [6.45, 7) is 0. The number of ether oxygens (including phenoxy) is 1. The van der Waals surface area contributed by atoms with E-state index in [2.05, 4.69) is 8.92 Å². The monoisotopic (exact) mass is 328 g/mol. The van der Waals surface area contributed by atoms with Gasteiger partial charge in [0, 0.05) is 0 Å². The Bertz CT molecular complexity index is 664. The Labute approximate surface area is 116 Å². The zero-order valence-corrected chi connectivity index (χ0v) is 11.2. The van der Waals surface area contributed by atoms with Crippen LogP contribution in [0.2, 0.25) is 0 Å². The fourth-order valence-corrected chi connectivity index (χ4v) is 1.46. The van der Waals surface area contributed by atoms with Gasteiger partial charge in [-0.05, 0) is 23.8 Å². The smallest absolute Gasteiger partial charge is 0.465 e. The van der Waals surface area contributed by atoms with Crippen LogP contribution in [0.3, 0.4) is 0 Å². The van der Waals surface area contributed by atoms with Crippen molar-refractivity contribution in [1.82, 2.24) is 0 Å². The van der Waals surface area contributed by atoms with E-state index in [-0.39, 0.29) is 17.4 Å². The Balaban J connectivity index is 2.89. The second-order valence-electron chi connectivity index (χ2n) is 3.53. The van der Waals surface area contributed by atoms with E-state index in [1.165, 1.54) is 0 Å². The molecule has 1 aromatic carbocycles. The molecule has 1 aromatic rings. The third-order valence-electron chi connectivity index (χ3n) is 2.12. The molecule has 21 heavy (non-hydrogen) atoms. The third kappa shape index (κ3) is 4.18. The summed E-state index contributed by atoms with van der Waals surface area (Å²) in [6.07, 6.45) is 1.03. The van der Waals surface area contributed by atoms with E-state index in [4.69, 9.17) is 0 Å². The van der Waals surface area contributed by atoms with Crippen LogP contribution < -0.4 is 0 Å². The topological polar surface area (TPSA) is 69.7 Å². The fraction of sp³-hybridized carbons (Fsp3) is 0.182. The SMILES string of the molecule is COC(=O)c1ccc(C=COS(=O)(=O)C(F)(F)F)cc1F. The molecule has 0 amide bonds. The summed E-state index contributed by atoms with van der Waals surface area (Å²) in [5, 5.41) is 0. The maximum atomic E-state index is 13.5. The minimum absolute atomic E-state index is 0.0162. The van der Waals surface area contributed by atoms with Crippen LogP contribution in [-0.4, -0.2) is 27.0 Å². The standard InChI is InChI=1S/C11H8F4O5S/c1-19-10(16)8-3-2-7(6-9(8)12)4-5-20-21(17,18)11(13,14)15/h2-6H,1H3. The molecule has 0 aliphatic heterocycles. The third-order valence-corrected chi connectivity index (χ3v) is 3.06. The fourth-order valence-electron chi connectivity index (χ4n) is 1.14.